The summed E-state index contributed by atoms with van der Waals surface area (Å²) < 4.78 is 0. The van der Waals surface area contributed by atoms with Crippen molar-refractivity contribution < 1.29 is 14.6 Å². The predicted octanol–water partition coefficient (Wildman–Crippen LogP) is 2.55. The van der Waals surface area contributed by atoms with Gasteiger partial charge in [0.1, 0.15) is 0 Å². The third-order valence-corrected chi connectivity index (χ3v) is 2.00. The Morgan fingerprint density at radius 2 is 1.85 bits per heavy atom. The van der Waals surface area contributed by atoms with E-state index in [9.17, 15) is 4.79 Å². The van der Waals surface area contributed by atoms with Gasteiger partial charge in [0.2, 0.25) is 0 Å². The zero-order chi connectivity index (χ0) is 10.5. The van der Waals surface area contributed by atoms with E-state index < -0.39 is 0 Å². The van der Waals surface area contributed by atoms with Crippen molar-refractivity contribution in [3.63, 3.8) is 0 Å². The van der Waals surface area contributed by atoms with Crippen molar-refractivity contribution in [2.75, 3.05) is 6.61 Å². The van der Waals surface area contributed by atoms with E-state index in [1.807, 2.05) is 27.7 Å². The van der Waals surface area contributed by atoms with Gasteiger partial charge < -0.3 is 0 Å². The highest BCUT2D eigenvalue weighted by Crippen LogP contribution is 2.29. The molecule has 0 N–H and O–H groups in total. The van der Waals surface area contributed by atoms with Crippen molar-refractivity contribution in [2.45, 2.75) is 41.0 Å². The van der Waals surface area contributed by atoms with E-state index in [2.05, 4.69) is 9.78 Å². The van der Waals surface area contributed by atoms with Gasteiger partial charge in [-0.05, 0) is 18.8 Å². The molecule has 0 amide bonds. The molecule has 0 aliphatic carbocycles. The van der Waals surface area contributed by atoms with Gasteiger partial charge in [-0.15, -0.1) is 0 Å². The number of hydrogen-bond acceptors (Lipinski definition) is 3. The van der Waals surface area contributed by atoms with E-state index in [-0.39, 0.29) is 17.3 Å². The Morgan fingerprint density at radius 1 is 1.31 bits per heavy atom. The largest absolute Gasteiger partial charge is 0.345 e. The Kier molecular flexibility index (Phi) is 4.99. The van der Waals surface area contributed by atoms with Gasteiger partial charge >= 0.3 is 5.97 Å². The maximum absolute atomic E-state index is 11.4. The van der Waals surface area contributed by atoms with Crippen LogP contribution in [-0.2, 0) is 14.6 Å². The van der Waals surface area contributed by atoms with E-state index >= 15 is 0 Å². The van der Waals surface area contributed by atoms with Gasteiger partial charge in [0, 0.05) is 0 Å². The van der Waals surface area contributed by atoms with Crippen molar-refractivity contribution in [3.8, 4) is 0 Å². The zero-order valence-corrected chi connectivity index (χ0v) is 9.22. The average Bonchev–Trinajstić information content (AvgIpc) is 1.99. The van der Waals surface area contributed by atoms with Crippen LogP contribution in [0.5, 0.6) is 0 Å². The van der Waals surface area contributed by atoms with Crippen molar-refractivity contribution >= 4 is 5.97 Å². The highest BCUT2D eigenvalue weighted by atomic mass is 17.2. The van der Waals surface area contributed by atoms with E-state index in [1.165, 1.54) is 0 Å². The van der Waals surface area contributed by atoms with Gasteiger partial charge in [0.05, 0.1) is 12.5 Å². The summed E-state index contributed by atoms with van der Waals surface area (Å²) in [6.45, 7) is 10.2. The molecule has 0 heterocycles. The predicted molar refractivity (Wildman–Crippen MR) is 51.0 cm³/mol. The van der Waals surface area contributed by atoms with Gasteiger partial charge in [0.15, 0.2) is 0 Å². The number of carbonyl (C=O) groups excluding carboxylic acids is 1. The van der Waals surface area contributed by atoms with Gasteiger partial charge in [-0.25, -0.2) is 4.79 Å². The summed E-state index contributed by atoms with van der Waals surface area (Å²) >= 11 is 0. The number of hydrogen-bond donors (Lipinski definition) is 0. The lowest BCUT2D eigenvalue weighted by Gasteiger charge is -2.26. The summed E-state index contributed by atoms with van der Waals surface area (Å²) in [7, 11) is 0. The Morgan fingerprint density at radius 3 is 2.15 bits per heavy atom. The summed E-state index contributed by atoms with van der Waals surface area (Å²) in [6, 6.07) is 0. The molecule has 1 unspecified atom stereocenters. The molecule has 0 aliphatic rings. The van der Waals surface area contributed by atoms with Crippen molar-refractivity contribution in [1.29, 1.82) is 0 Å². The molecule has 0 aliphatic heterocycles. The van der Waals surface area contributed by atoms with Crippen LogP contribution in [0.3, 0.4) is 0 Å². The molecule has 0 rings (SSSR count). The summed E-state index contributed by atoms with van der Waals surface area (Å²) in [4.78, 5) is 20.7. The first-order valence-electron chi connectivity index (χ1n) is 4.76. The summed E-state index contributed by atoms with van der Waals surface area (Å²) in [6.07, 6.45) is 0.773. The van der Waals surface area contributed by atoms with Crippen LogP contribution in [-0.4, -0.2) is 12.6 Å². The fraction of sp³-hybridized carbons (Fsp3) is 0.900. The topological polar surface area (TPSA) is 35.5 Å². The lowest BCUT2D eigenvalue weighted by molar-refractivity contribution is -0.275. The van der Waals surface area contributed by atoms with E-state index in [4.69, 9.17) is 0 Å². The smallest absolute Gasteiger partial charge is 0.298 e. The number of rotatable bonds is 4. The average molecular weight is 188 g/mol. The molecule has 1 atom stereocenters. The van der Waals surface area contributed by atoms with Crippen LogP contribution < -0.4 is 0 Å². The molecular formula is C10H20O3. The molecule has 0 radical (unpaired) electrons. The molecule has 0 fully saturated rings. The summed E-state index contributed by atoms with van der Waals surface area (Å²) in [5.41, 5.74) is -0.0665. The van der Waals surface area contributed by atoms with Crippen LogP contribution in [0.15, 0.2) is 0 Å². The van der Waals surface area contributed by atoms with Crippen molar-refractivity contribution in [1.82, 2.24) is 0 Å². The summed E-state index contributed by atoms with van der Waals surface area (Å²) in [5, 5.41) is 0. The first-order valence-corrected chi connectivity index (χ1v) is 4.76. The molecule has 0 aromatic rings. The van der Waals surface area contributed by atoms with Crippen LogP contribution in [0.4, 0.5) is 0 Å². The third kappa shape index (κ3) is 4.27. The lowest BCUT2D eigenvalue weighted by Crippen LogP contribution is -2.29. The lowest BCUT2D eigenvalue weighted by atomic mass is 9.79. The molecule has 0 aromatic carbocycles. The van der Waals surface area contributed by atoms with Crippen LogP contribution in [0.25, 0.3) is 0 Å². The van der Waals surface area contributed by atoms with Gasteiger partial charge in [-0.1, -0.05) is 27.7 Å². The van der Waals surface area contributed by atoms with Crippen LogP contribution in [0.2, 0.25) is 0 Å². The van der Waals surface area contributed by atoms with Crippen LogP contribution in [0.1, 0.15) is 41.0 Å². The maximum Gasteiger partial charge on any atom is 0.345 e. The monoisotopic (exact) mass is 188 g/mol. The van der Waals surface area contributed by atoms with Gasteiger partial charge in [-0.3, -0.25) is 4.89 Å². The highest BCUT2D eigenvalue weighted by Gasteiger charge is 2.31. The zero-order valence-electron chi connectivity index (χ0n) is 9.22. The molecule has 0 bridgehead atoms. The molecule has 13 heavy (non-hydrogen) atoms. The molecule has 3 nitrogen and oxygen atoms in total. The van der Waals surface area contributed by atoms with Crippen molar-refractivity contribution in [3.05, 3.63) is 0 Å². The molecule has 0 saturated carbocycles. The fourth-order valence-corrected chi connectivity index (χ4v) is 1.31. The second-order valence-corrected chi connectivity index (χ2v) is 4.14. The van der Waals surface area contributed by atoms with E-state index in [1.54, 1.807) is 6.92 Å². The molecule has 0 saturated heterocycles. The van der Waals surface area contributed by atoms with Gasteiger partial charge in [-0.2, -0.15) is 4.89 Å². The first-order chi connectivity index (χ1) is 5.93. The standard InChI is InChI=1S/C10H20O3/c1-6-8(10(3,4)5)9(11)13-12-7-2/h8H,6-7H2,1-5H3. The minimum atomic E-state index is -0.267. The van der Waals surface area contributed by atoms with E-state index in [0.29, 0.717) is 6.61 Å². The van der Waals surface area contributed by atoms with Crippen molar-refractivity contribution in [2.24, 2.45) is 11.3 Å². The Balaban J connectivity index is 4.16. The third-order valence-electron chi connectivity index (χ3n) is 2.00. The molecule has 0 aromatic heterocycles. The van der Waals surface area contributed by atoms with Crippen LogP contribution >= 0.6 is 0 Å². The second-order valence-electron chi connectivity index (χ2n) is 4.14. The Labute approximate surface area is 80.3 Å². The Hall–Kier alpha value is -0.570. The van der Waals surface area contributed by atoms with E-state index in [0.717, 1.165) is 6.42 Å². The minimum absolute atomic E-state index is 0.0665. The molecular weight excluding hydrogens is 168 g/mol. The molecule has 78 valence electrons. The fourth-order valence-electron chi connectivity index (χ4n) is 1.31. The first kappa shape index (κ1) is 12.4. The minimum Gasteiger partial charge on any atom is -0.298 e. The van der Waals surface area contributed by atoms with Gasteiger partial charge in [0.25, 0.3) is 0 Å². The summed E-state index contributed by atoms with van der Waals surface area (Å²) in [5.74, 6) is -0.365. The SMILES string of the molecule is CCOOC(=O)C(CC)C(C)(C)C. The quantitative estimate of drug-likeness (QED) is 0.502. The second kappa shape index (κ2) is 5.22. The number of carbonyl (C=O) groups is 1. The highest BCUT2D eigenvalue weighted by molar-refractivity contribution is 5.72. The molecule has 0 spiro atoms. The maximum atomic E-state index is 11.4. The Bertz CT molecular complexity index is 158. The normalized spacial score (nSPS) is 13.9. The van der Waals surface area contributed by atoms with Crippen LogP contribution in [0, 0.1) is 11.3 Å². The molecule has 3 heteroatoms.